The van der Waals surface area contributed by atoms with Crippen LogP contribution in [0, 0.1) is 11.8 Å². The van der Waals surface area contributed by atoms with E-state index in [0.29, 0.717) is 17.8 Å². The summed E-state index contributed by atoms with van der Waals surface area (Å²) in [6.45, 7) is 3.58. The monoisotopic (exact) mass is 420 g/mol. The van der Waals surface area contributed by atoms with E-state index >= 15 is 0 Å². The second-order valence-electron chi connectivity index (χ2n) is 7.76. The Bertz CT molecular complexity index is 1000. The van der Waals surface area contributed by atoms with E-state index in [2.05, 4.69) is 10.3 Å². The molecule has 0 aliphatic carbocycles. The van der Waals surface area contributed by atoms with Crippen molar-refractivity contribution in [3.63, 3.8) is 0 Å². The normalized spacial score (nSPS) is 17.8. The van der Waals surface area contributed by atoms with E-state index in [1.54, 1.807) is 14.0 Å². The molecule has 162 valence electrons. The van der Waals surface area contributed by atoms with Gasteiger partial charge in [0.15, 0.2) is 0 Å². The molecule has 3 amide bonds. The van der Waals surface area contributed by atoms with Crippen molar-refractivity contribution < 1.29 is 14.4 Å². The summed E-state index contributed by atoms with van der Waals surface area (Å²) < 4.78 is 0. The van der Waals surface area contributed by atoms with Gasteiger partial charge in [-0.2, -0.15) is 0 Å². The van der Waals surface area contributed by atoms with Crippen molar-refractivity contribution in [3.8, 4) is 0 Å². The van der Waals surface area contributed by atoms with Crippen molar-refractivity contribution in [1.82, 2.24) is 5.32 Å². The van der Waals surface area contributed by atoms with Crippen molar-refractivity contribution in [2.45, 2.75) is 32.9 Å². The van der Waals surface area contributed by atoms with Gasteiger partial charge in [-0.25, -0.2) is 4.99 Å². The number of benzodiazepines with no additional fused rings is 1. The van der Waals surface area contributed by atoms with Gasteiger partial charge < -0.3 is 16.0 Å². The fourth-order valence-electron chi connectivity index (χ4n) is 3.84. The van der Waals surface area contributed by atoms with Crippen LogP contribution in [0.5, 0.6) is 0 Å². The van der Waals surface area contributed by atoms with Crippen LogP contribution in [0.25, 0.3) is 0 Å². The van der Waals surface area contributed by atoms with Crippen molar-refractivity contribution in [1.29, 1.82) is 0 Å². The predicted molar refractivity (Wildman–Crippen MR) is 121 cm³/mol. The topological polar surface area (TPSA) is 105 Å². The lowest BCUT2D eigenvalue weighted by molar-refractivity contribution is -0.134. The molecule has 0 fully saturated rings. The van der Waals surface area contributed by atoms with E-state index in [9.17, 15) is 14.4 Å². The average Bonchev–Trinajstić information content (AvgIpc) is 2.88. The number of primary amides is 1. The number of likely N-dealkylation sites (N-methyl/N-ethyl adjacent to an activating group) is 1. The zero-order valence-electron chi connectivity index (χ0n) is 18.0. The van der Waals surface area contributed by atoms with Gasteiger partial charge in [0.25, 0.3) is 5.91 Å². The van der Waals surface area contributed by atoms with Gasteiger partial charge in [0.05, 0.1) is 11.4 Å². The Labute approximate surface area is 182 Å². The number of benzene rings is 2. The number of nitrogens with zero attached hydrogens (tertiary/aromatic N) is 2. The summed E-state index contributed by atoms with van der Waals surface area (Å²) >= 11 is 0. The maximum Gasteiger partial charge on any atom is 0.272 e. The molecular weight excluding hydrogens is 392 g/mol. The Morgan fingerprint density at radius 2 is 1.77 bits per heavy atom. The highest BCUT2D eigenvalue weighted by Crippen LogP contribution is 2.27. The minimum Gasteiger partial charge on any atom is -0.369 e. The Morgan fingerprint density at radius 1 is 1.13 bits per heavy atom. The summed E-state index contributed by atoms with van der Waals surface area (Å²) in [7, 11) is 1.66. The van der Waals surface area contributed by atoms with Crippen LogP contribution in [0.4, 0.5) is 5.69 Å². The quantitative estimate of drug-likeness (QED) is 0.719. The Morgan fingerprint density at radius 3 is 2.42 bits per heavy atom. The van der Waals surface area contributed by atoms with Crippen LogP contribution >= 0.6 is 0 Å². The van der Waals surface area contributed by atoms with Gasteiger partial charge in [-0.1, -0.05) is 68.8 Å². The molecule has 2 aromatic carbocycles. The summed E-state index contributed by atoms with van der Waals surface area (Å²) in [5.74, 6) is -2.57. The van der Waals surface area contributed by atoms with Crippen molar-refractivity contribution >= 4 is 29.1 Å². The molecule has 0 spiro atoms. The van der Waals surface area contributed by atoms with Gasteiger partial charge in [0.1, 0.15) is 0 Å². The number of carbonyl (C=O) groups excluding carboxylic acids is 3. The lowest BCUT2D eigenvalue weighted by Crippen LogP contribution is -2.49. The molecule has 1 aliphatic rings. The number of rotatable bonds is 7. The zero-order valence-corrected chi connectivity index (χ0v) is 18.0. The van der Waals surface area contributed by atoms with E-state index < -0.39 is 29.8 Å². The van der Waals surface area contributed by atoms with E-state index in [1.165, 1.54) is 4.90 Å². The minimum atomic E-state index is -1.11. The van der Waals surface area contributed by atoms with Gasteiger partial charge >= 0.3 is 0 Å². The lowest BCUT2D eigenvalue weighted by atomic mass is 9.88. The van der Waals surface area contributed by atoms with Gasteiger partial charge in [-0.3, -0.25) is 14.4 Å². The van der Waals surface area contributed by atoms with E-state index in [-0.39, 0.29) is 5.91 Å². The number of nitrogens with one attached hydrogen (secondary N) is 1. The van der Waals surface area contributed by atoms with Crippen LogP contribution < -0.4 is 16.0 Å². The maximum atomic E-state index is 13.2. The summed E-state index contributed by atoms with van der Waals surface area (Å²) in [6, 6.07) is 17.0. The fourth-order valence-corrected chi connectivity index (χ4v) is 3.84. The number of aliphatic imine (C=N–C) groups is 1. The summed E-state index contributed by atoms with van der Waals surface area (Å²) in [4.78, 5) is 44.1. The van der Waals surface area contributed by atoms with Crippen LogP contribution in [-0.4, -0.2) is 36.6 Å². The molecule has 7 nitrogen and oxygen atoms in total. The van der Waals surface area contributed by atoms with Crippen molar-refractivity contribution in [2.24, 2.45) is 22.6 Å². The standard InChI is InChI=1S/C24H28N4O3/c1-4-10-17(21(25)29)15(2)23(30)27-22-24(31)28(3)19-14-9-8-13-18(19)20(26-22)16-11-6-5-7-12-16/h5-9,11-15,17,22H,4,10H2,1-3H3,(H2,25,29)(H,27,30)/t15-,17+,22?/m1/s1. The molecule has 0 aromatic heterocycles. The first-order valence-corrected chi connectivity index (χ1v) is 10.4. The molecule has 0 saturated carbocycles. The second-order valence-corrected chi connectivity index (χ2v) is 7.76. The molecule has 3 rings (SSSR count). The zero-order chi connectivity index (χ0) is 22.5. The molecule has 31 heavy (non-hydrogen) atoms. The second kappa shape index (κ2) is 9.55. The molecule has 1 heterocycles. The first-order valence-electron chi connectivity index (χ1n) is 10.4. The third kappa shape index (κ3) is 4.66. The third-order valence-electron chi connectivity index (χ3n) is 5.65. The maximum absolute atomic E-state index is 13.2. The number of nitrogens with two attached hydrogens (primary N) is 1. The van der Waals surface area contributed by atoms with Gasteiger partial charge in [-0.15, -0.1) is 0 Å². The van der Waals surface area contributed by atoms with E-state index in [0.717, 1.165) is 17.5 Å². The van der Waals surface area contributed by atoms with Crippen molar-refractivity contribution in [3.05, 3.63) is 65.7 Å². The van der Waals surface area contributed by atoms with Crippen LogP contribution in [0.15, 0.2) is 59.6 Å². The van der Waals surface area contributed by atoms with Crippen LogP contribution in [0.2, 0.25) is 0 Å². The number of para-hydroxylation sites is 1. The molecule has 1 aliphatic heterocycles. The minimum absolute atomic E-state index is 0.356. The molecule has 3 N–H and O–H groups in total. The van der Waals surface area contributed by atoms with Gasteiger partial charge in [-0.05, 0) is 12.5 Å². The number of amides is 3. The SMILES string of the molecule is CCC[C@H](C(N)=O)[C@@H](C)C(=O)NC1N=C(c2ccccc2)c2ccccc2N(C)C1=O. The van der Waals surface area contributed by atoms with Gasteiger partial charge in [0, 0.05) is 30.0 Å². The molecule has 1 unspecified atom stereocenters. The largest absolute Gasteiger partial charge is 0.369 e. The number of anilines is 1. The number of hydrogen-bond acceptors (Lipinski definition) is 4. The number of fused-ring (bicyclic) bond motifs is 1. The number of carbonyl (C=O) groups is 3. The highest BCUT2D eigenvalue weighted by Gasteiger charge is 2.34. The summed E-state index contributed by atoms with van der Waals surface area (Å²) in [6.07, 6.45) is 0.117. The highest BCUT2D eigenvalue weighted by molar-refractivity contribution is 6.20. The van der Waals surface area contributed by atoms with E-state index in [4.69, 9.17) is 5.73 Å². The molecule has 3 atom stereocenters. The average molecular weight is 421 g/mol. The third-order valence-corrected chi connectivity index (χ3v) is 5.65. The lowest BCUT2D eigenvalue weighted by Gasteiger charge is -2.24. The Hall–Kier alpha value is -3.48. The van der Waals surface area contributed by atoms with Crippen LogP contribution in [0.3, 0.4) is 0 Å². The van der Waals surface area contributed by atoms with Crippen molar-refractivity contribution in [2.75, 3.05) is 11.9 Å². The summed E-state index contributed by atoms with van der Waals surface area (Å²) in [5, 5.41) is 2.74. The molecule has 0 radical (unpaired) electrons. The molecule has 7 heteroatoms. The molecule has 2 aromatic rings. The van der Waals surface area contributed by atoms with Gasteiger partial charge in [0.2, 0.25) is 18.0 Å². The van der Waals surface area contributed by atoms with Crippen LogP contribution in [-0.2, 0) is 14.4 Å². The van der Waals surface area contributed by atoms with Crippen LogP contribution in [0.1, 0.15) is 37.8 Å². The smallest absolute Gasteiger partial charge is 0.272 e. The summed E-state index contributed by atoms with van der Waals surface area (Å²) in [5.41, 5.74) is 8.47. The fraction of sp³-hybridized carbons (Fsp3) is 0.333. The Balaban J connectivity index is 1.99. The molecule has 0 bridgehead atoms. The number of hydrogen-bond donors (Lipinski definition) is 2. The first-order chi connectivity index (χ1) is 14.8. The predicted octanol–water partition coefficient (Wildman–Crippen LogP) is 2.48. The first kappa shape index (κ1) is 22.2. The highest BCUT2D eigenvalue weighted by atomic mass is 16.2. The Kier molecular flexibility index (Phi) is 6.84. The van der Waals surface area contributed by atoms with E-state index in [1.807, 2.05) is 61.5 Å². The molecule has 0 saturated heterocycles. The molecular formula is C24H28N4O3.